The molecule has 25 heavy (non-hydrogen) atoms. The summed E-state index contributed by atoms with van der Waals surface area (Å²) in [7, 11) is 2.09. The number of halogens is 1. The molecule has 0 radical (unpaired) electrons. The molecular weight excluding hydrogens is 360 g/mol. The van der Waals surface area contributed by atoms with E-state index in [2.05, 4.69) is 37.4 Å². The van der Waals surface area contributed by atoms with Crippen molar-refractivity contribution in [3.8, 4) is 10.6 Å². The Balaban J connectivity index is 0.00000182. The number of hydrogen-bond acceptors (Lipinski definition) is 8. The Labute approximate surface area is 155 Å². The molecule has 1 aliphatic rings. The first kappa shape index (κ1) is 17.9. The molecule has 1 N–H and O–H groups in total. The fraction of sp³-hybridized carbons (Fsp3) is 0.375. The third-order valence-corrected chi connectivity index (χ3v) is 5.03. The second kappa shape index (κ2) is 8.01. The molecule has 1 saturated heterocycles. The molecule has 3 aromatic rings. The number of pyridine rings is 1. The molecular formula is C16H19ClN6OS. The summed E-state index contributed by atoms with van der Waals surface area (Å²) in [6.07, 6.45) is 4.13. The Hall–Kier alpha value is -1.87. The van der Waals surface area contributed by atoms with Crippen molar-refractivity contribution < 1.29 is 4.52 Å². The molecule has 0 aromatic carbocycles. The minimum atomic E-state index is 0. The summed E-state index contributed by atoms with van der Waals surface area (Å²) in [5.41, 5.74) is 1.96. The van der Waals surface area contributed by atoms with Crippen LogP contribution in [0.5, 0.6) is 0 Å². The molecule has 1 aliphatic heterocycles. The van der Waals surface area contributed by atoms with Crippen molar-refractivity contribution in [2.45, 2.75) is 12.5 Å². The first-order chi connectivity index (χ1) is 11.8. The lowest BCUT2D eigenvalue weighted by Gasteiger charge is -2.30. The highest BCUT2D eigenvalue weighted by atomic mass is 35.5. The van der Waals surface area contributed by atoms with Crippen molar-refractivity contribution in [2.24, 2.45) is 0 Å². The third kappa shape index (κ3) is 4.04. The lowest BCUT2D eigenvalue weighted by molar-refractivity contribution is 0.190. The zero-order valence-electron chi connectivity index (χ0n) is 13.8. The second-order valence-corrected chi connectivity index (χ2v) is 6.67. The van der Waals surface area contributed by atoms with Crippen molar-refractivity contribution in [3.63, 3.8) is 0 Å². The molecule has 3 aromatic heterocycles. The normalized spacial score (nSPS) is 18.0. The number of rotatable bonds is 4. The lowest BCUT2D eigenvalue weighted by Crippen LogP contribution is -2.44. The van der Waals surface area contributed by atoms with Gasteiger partial charge in [-0.05, 0) is 19.2 Å². The molecule has 1 fully saturated rings. The van der Waals surface area contributed by atoms with Crippen LogP contribution in [0.3, 0.4) is 0 Å². The summed E-state index contributed by atoms with van der Waals surface area (Å²) in [5.74, 6) is 1.34. The van der Waals surface area contributed by atoms with Gasteiger partial charge in [0.05, 0.1) is 18.2 Å². The van der Waals surface area contributed by atoms with Gasteiger partial charge in [-0.3, -0.25) is 9.88 Å². The van der Waals surface area contributed by atoms with E-state index in [1.54, 1.807) is 17.5 Å². The van der Waals surface area contributed by atoms with Crippen LogP contribution in [0.15, 0.2) is 34.4 Å². The fourth-order valence-electron chi connectivity index (χ4n) is 2.73. The van der Waals surface area contributed by atoms with Crippen LogP contribution in [0, 0.1) is 0 Å². The maximum Gasteiger partial charge on any atom is 0.232 e. The monoisotopic (exact) mass is 378 g/mol. The lowest BCUT2D eigenvalue weighted by atomic mass is 10.2. The van der Waals surface area contributed by atoms with Gasteiger partial charge in [-0.2, -0.15) is 4.98 Å². The van der Waals surface area contributed by atoms with Gasteiger partial charge in [0.2, 0.25) is 5.89 Å². The summed E-state index contributed by atoms with van der Waals surface area (Å²) in [6.45, 7) is 2.82. The second-order valence-electron chi connectivity index (χ2n) is 5.81. The highest BCUT2D eigenvalue weighted by molar-refractivity contribution is 7.13. The largest absolute Gasteiger partial charge is 0.339 e. The smallest absolute Gasteiger partial charge is 0.232 e. The predicted molar refractivity (Wildman–Crippen MR) is 97.9 cm³/mol. The minimum absolute atomic E-state index is 0. The number of nitrogens with zero attached hydrogens (tertiary/aromatic N) is 5. The Morgan fingerprint density at radius 2 is 2.32 bits per heavy atom. The number of aromatic nitrogens is 4. The number of nitrogens with one attached hydrogen (secondary N) is 1. The number of thiazole rings is 1. The van der Waals surface area contributed by atoms with E-state index in [0.717, 1.165) is 41.7 Å². The summed E-state index contributed by atoms with van der Waals surface area (Å²) in [6, 6.07) is 4.08. The zero-order chi connectivity index (χ0) is 16.4. The van der Waals surface area contributed by atoms with Crippen LogP contribution in [-0.4, -0.2) is 51.7 Å². The van der Waals surface area contributed by atoms with Gasteiger partial charge in [0.15, 0.2) is 5.82 Å². The topological polar surface area (TPSA) is 80.0 Å². The highest BCUT2D eigenvalue weighted by Gasteiger charge is 2.25. The number of hydrogen-bond donors (Lipinski definition) is 1. The van der Waals surface area contributed by atoms with Gasteiger partial charge < -0.3 is 9.84 Å². The minimum Gasteiger partial charge on any atom is -0.339 e. The summed E-state index contributed by atoms with van der Waals surface area (Å²) < 4.78 is 5.42. The van der Waals surface area contributed by atoms with Gasteiger partial charge in [0, 0.05) is 43.0 Å². The highest BCUT2D eigenvalue weighted by Crippen LogP contribution is 2.24. The molecule has 7 nitrogen and oxygen atoms in total. The van der Waals surface area contributed by atoms with E-state index in [0.29, 0.717) is 12.3 Å². The van der Waals surface area contributed by atoms with E-state index in [1.165, 1.54) is 0 Å². The van der Waals surface area contributed by atoms with Gasteiger partial charge in [-0.25, -0.2) is 4.98 Å². The van der Waals surface area contributed by atoms with Gasteiger partial charge >= 0.3 is 0 Å². The van der Waals surface area contributed by atoms with Gasteiger partial charge in [-0.1, -0.05) is 5.16 Å². The maximum absolute atomic E-state index is 5.42. The predicted octanol–water partition coefficient (Wildman–Crippen LogP) is 2.18. The molecule has 1 unspecified atom stereocenters. The molecule has 0 amide bonds. The van der Waals surface area contributed by atoms with Gasteiger partial charge in [-0.15, -0.1) is 23.7 Å². The van der Waals surface area contributed by atoms with Crippen LogP contribution in [0.1, 0.15) is 23.5 Å². The maximum atomic E-state index is 5.42. The molecule has 0 saturated carbocycles. The summed E-state index contributed by atoms with van der Waals surface area (Å²) in [4.78, 5) is 15.6. The van der Waals surface area contributed by atoms with Gasteiger partial charge in [0.25, 0.3) is 0 Å². The van der Waals surface area contributed by atoms with Crippen LogP contribution in [0.4, 0.5) is 0 Å². The van der Waals surface area contributed by atoms with Crippen LogP contribution in [-0.2, 0) is 6.42 Å². The summed E-state index contributed by atoms with van der Waals surface area (Å²) in [5, 5.41) is 10.5. The van der Waals surface area contributed by atoms with Crippen molar-refractivity contribution in [1.29, 1.82) is 0 Å². The van der Waals surface area contributed by atoms with Gasteiger partial charge in [0.1, 0.15) is 5.01 Å². The Kier molecular flexibility index (Phi) is 5.74. The molecule has 0 aliphatic carbocycles. The molecule has 4 heterocycles. The van der Waals surface area contributed by atoms with Crippen molar-refractivity contribution in [2.75, 3.05) is 26.7 Å². The van der Waals surface area contributed by atoms with E-state index in [1.807, 2.05) is 23.7 Å². The molecule has 0 spiro atoms. The fourth-order valence-corrected chi connectivity index (χ4v) is 3.54. The average Bonchev–Trinajstić information content (AvgIpc) is 3.26. The van der Waals surface area contributed by atoms with E-state index in [9.17, 15) is 0 Å². The molecule has 0 bridgehead atoms. The standard InChI is InChI=1S/C16H18N6OS.ClH/c1-22-6-5-18-9-13(22)15-20-14(23-21-15)7-12-10-24-16(19-12)11-3-2-4-17-8-11;/h2-4,8,10,13,18H,5-7,9H2,1H3;1H. The van der Waals surface area contributed by atoms with Crippen molar-refractivity contribution in [3.05, 3.63) is 47.3 Å². The van der Waals surface area contributed by atoms with Crippen LogP contribution in [0.25, 0.3) is 10.6 Å². The Morgan fingerprint density at radius 1 is 1.40 bits per heavy atom. The van der Waals surface area contributed by atoms with Crippen molar-refractivity contribution >= 4 is 23.7 Å². The van der Waals surface area contributed by atoms with Crippen LogP contribution < -0.4 is 5.32 Å². The first-order valence-corrected chi connectivity index (χ1v) is 8.76. The SMILES string of the molecule is CN1CCNCC1c1noc(Cc2csc(-c3cccnc3)n2)n1.Cl. The Bertz CT molecular complexity index is 808. The Morgan fingerprint density at radius 3 is 3.12 bits per heavy atom. The van der Waals surface area contributed by atoms with E-state index in [-0.39, 0.29) is 18.4 Å². The van der Waals surface area contributed by atoms with E-state index in [4.69, 9.17) is 4.52 Å². The van der Waals surface area contributed by atoms with E-state index >= 15 is 0 Å². The van der Waals surface area contributed by atoms with Crippen LogP contribution >= 0.6 is 23.7 Å². The van der Waals surface area contributed by atoms with Crippen LogP contribution in [0.2, 0.25) is 0 Å². The molecule has 4 rings (SSSR count). The number of piperazine rings is 1. The average molecular weight is 379 g/mol. The molecule has 1 atom stereocenters. The van der Waals surface area contributed by atoms with E-state index < -0.39 is 0 Å². The first-order valence-electron chi connectivity index (χ1n) is 7.88. The summed E-state index contributed by atoms with van der Waals surface area (Å²) >= 11 is 1.60. The number of likely N-dealkylation sites (N-methyl/N-ethyl adjacent to an activating group) is 1. The van der Waals surface area contributed by atoms with Crippen molar-refractivity contribution in [1.82, 2.24) is 30.3 Å². The zero-order valence-corrected chi connectivity index (χ0v) is 15.4. The third-order valence-electron chi connectivity index (χ3n) is 4.09. The molecule has 9 heteroatoms. The quantitative estimate of drug-likeness (QED) is 0.745. The molecule has 132 valence electrons.